The second-order valence-corrected chi connectivity index (χ2v) is 7.78. The molecule has 2 aromatic carbocycles. The van der Waals surface area contributed by atoms with Crippen molar-refractivity contribution in [2.75, 3.05) is 13.6 Å². The van der Waals surface area contributed by atoms with Gasteiger partial charge in [0.2, 0.25) is 0 Å². The maximum atomic E-state index is 15.8. The van der Waals surface area contributed by atoms with Crippen LogP contribution in [0.25, 0.3) is 11.3 Å². The molecule has 1 unspecified atom stereocenters. The van der Waals surface area contributed by atoms with Crippen LogP contribution >= 0.6 is 0 Å². The van der Waals surface area contributed by atoms with Crippen molar-refractivity contribution >= 4 is 6.34 Å². The van der Waals surface area contributed by atoms with Gasteiger partial charge in [0, 0.05) is 12.6 Å². The van der Waals surface area contributed by atoms with Gasteiger partial charge in [0.25, 0.3) is 0 Å². The zero-order chi connectivity index (χ0) is 26.1. The molecule has 0 saturated heterocycles. The summed E-state index contributed by atoms with van der Waals surface area (Å²) in [4.78, 5) is 7.71. The number of halogens is 6. The lowest BCUT2D eigenvalue weighted by Crippen LogP contribution is -2.54. The molecule has 0 fully saturated rings. The van der Waals surface area contributed by atoms with E-state index in [1.165, 1.54) is 30.6 Å². The molecule has 36 heavy (non-hydrogen) atoms. The van der Waals surface area contributed by atoms with Crippen LogP contribution in [-0.2, 0) is 11.5 Å². The minimum atomic E-state index is -4.86. The monoisotopic (exact) mass is 512 g/mol. The lowest BCUT2D eigenvalue weighted by Gasteiger charge is -2.38. The number of hydrogen-bond donors (Lipinski definition) is 2. The Morgan fingerprint density at radius 3 is 2.14 bits per heavy atom. The second kappa shape index (κ2) is 9.28. The number of aliphatic hydroxyl groups is 1. The van der Waals surface area contributed by atoms with Crippen LogP contribution in [-0.4, -0.2) is 51.5 Å². The highest BCUT2D eigenvalue weighted by atomic mass is 19.4. The van der Waals surface area contributed by atoms with Gasteiger partial charge in [-0.1, -0.05) is 12.1 Å². The summed E-state index contributed by atoms with van der Waals surface area (Å²) in [5.41, 5.74) is -1.07. The van der Waals surface area contributed by atoms with Gasteiger partial charge < -0.3 is 9.84 Å². The smallest absolute Gasteiger partial charge is 0.406 e. The number of hydrogen-bond acceptors (Lipinski definition) is 8. The highest BCUT2D eigenvalue weighted by molar-refractivity contribution is 5.59. The van der Waals surface area contributed by atoms with Crippen molar-refractivity contribution in [1.29, 1.82) is 0 Å². The normalized spacial score (nSPS) is 15.8. The fourth-order valence-electron chi connectivity index (χ4n) is 3.48. The number of rotatable bonds is 7. The molecule has 2 N–H and O–H groups in total. The van der Waals surface area contributed by atoms with E-state index in [9.17, 15) is 22.7 Å². The van der Waals surface area contributed by atoms with Crippen molar-refractivity contribution in [2.45, 2.75) is 17.9 Å². The van der Waals surface area contributed by atoms with Crippen LogP contribution in [0.4, 0.5) is 26.3 Å². The first-order valence-electron chi connectivity index (χ1n) is 10.2. The third-order valence-electron chi connectivity index (χ3n) is 5.23. The predicted molar refractivity (Wildman–Crippen MR) is 114 cm³/mol. The first-order chi connectivity index (χ1) is 16.9. The first kappa shape index (κ1) is 25.2. The lowest BCUT2D eigenvalue weighted by molar-refractivity contribution is -0.274. The Morgan fingerprint density at radius 2 is 1.61 bits per heavy atom. The van der Waals surface area contributed by atoms with Crippen LogP contribution in [0.1, 0.15) is 11.3 Å². The highest BCUT2D eigenvalue weighted by Gasteiger charge is 2.57. The summed E-state index contributed by atoms with van der Waals surface area (Å²) >= 11 is 0. The number of hydrazone groups is 1. The SMILES string of the molecule is CN1N=CN(CC(O)(c2ccc(F)cc2)C(F)(F)c2cnc(-c3ccc(OC(F)(F)F)cc3)cn2)N1. The fraction of sp³-hybridized carbons (Fsp3) is 0.227. The summed E-state index contributed by atoms with van der Waals surface area (Å²) in [5.74, 6) is -5.17. The van der Waals surface area contributed by atoms with Crippen LogP contribution < -0.4 is 10.3 Å². The lowest BCUT2D eigenvalue weighted by atomic mass is 9.85. The van der Waals surface area contributed by atoms with Gasteiger partial charge in [-0.05, 0) is 42.0 Å². The Bertz CT molecular complexity index is 1220. The Morgan fingerprint density at radius 1 is 0.944 bits per heavy atom. The van der Waals surface area contributed by atoms with Gasteiger partial charge in [-0.15, -0.1) is 23.8 Å². The molecular weight excluding hydrogens is 494 g/mol. The number of aromatic nitrogens is 2. The molecule has 8 nitrogen and oxygen atoms in total. The van der Waals surface area contributed by atoms with E-state index >= 15 is 8.78 Å². The van der Waals surface area contributed by atoms with E-state index in [0.29, 0.717) is 5.56 Å². The zero-order valence-corrected chi connectivity index (χ0v) is 18.4. The number of nitrogens with zero attached hydrogens (tertiary/aromatic N) is 5. The van der Waals surface area contributed by atoms with Crippen molar-refractivity contribution in [3.05, 3.63) is 78.0 Å². The summed E-state index contributed by atoms with van der Waals surface area (Å²) in [7, 11) is 1.51. The molecule has 14 heteroatoms. The van der Waals surface area contributed by atoms with Crippen molar-refractivity contribution in [3.63, 3.8) is 0 Å². The van der Waals surface area contributed by atoms with E-state index in [-0.39, 0.29) is 11.3 Å². The molecule has 0 amide bonds. The Balaban J connectivity index is 1.63. The molecule has 3 aromatic rings. The molecule has 2 heterocycles. The van der Waals surface area contributed by atoms with E-state index in [2.05, 4.69) is 25.3 Å². The molecule has 0 radical (unpaired) electrons. The first-order valence-corrected chi connectivity index (χ1v) is 10.2. The second-order valence-electron chi connectivity index (χ2n) is 7.78. The fourth-order valence-corrected chi connectivity index (χ4v) is 3.48. The van der Waals surface area contributed by atoms with Gasteiger partial charge in [-0.2, -0.15) is 8.78 Å². The average molecular weight is 512 g/mol. The molecule has 0 spiro atoms. The highest BCUT2D eigenvalue weighted by Crippen LogP contribution is 2.45. The standard InChI is InChI=1S/C22H18F6N6O2/c1-33-31-13-34(32-33)12-20(35,15-4-6-16(23)7-5-15)21(24,25)19-11-29-18(10-30-19)14-2-8-17(9-3-14)36-22(26,27)28/h2-11,13,32,35H,12H2,1H3. The zero-order valence-electron chi connectivity index (χ0n) is 18.4. The number of nitrogens with one attached hydrogen (secondary N) is 1. The van der Waals surface area contributed by atoms with Gasteiger partial charge in [0.1, 0.15) is 23.6 Å². The molecule has 1 aliphatic heterocycles. The number of benzene rings is 2. The largest absolute Gasteiger partial charge is 0.573 e. The molecule has 1 atom stereocenters. The molecule has 0 bridgehead atoms. The molecule has 190 valence electrons. The van der Waals surface area contributed by atoms with Crippen LogP contribution in [0.2, 0.25) is 0 Å². The predicted octanol–water partition coefficient (Wildman–Crippen LogP) is 3.77. The Hall–Kier alpha value is -3.91. The number of alkyl halides is 5. The van der Waals surface area contributed by atoms with Crippen molar-refractivity contribution in [2.24, 2.45) is 5.10 Å². The maximum Gasteiger partial charge on any atom is 0.573 e. The molecule has 4 rings (SSSR count). The van der Waals surface area contributed by atoms with E-state index in [1.54, 1.807) is 0 Å². The summed E-state index contributed by atoms with van der Waals surface area (Å²) in [6, 6.07) is 8.55. The topological polar surface area (TPSA) is 86.1 Å². The van der Waals surface area contributed by atoms with E-state index in [0.717, 1.165) is 53.8 Å². The summed E-state index contributed by atoms with van der Waals surface area (Å²) in [6.45, 7) is -0.705. The third kappa shape index (κ3) is 5.18. The third-order valence-corrected chi connectivity index (χ3v) is 5.23. The minimum absolute atomic E-state index is 0.0911. The van der Waals surface area contributed by atoms with Crippen LogP contribution in [0, 0.1) is 5.82 Å². The minimum Gasteiger partial charge on any atom is -0.406 e. The van der Waals surface area contributed by atoms with E-state index in [1.807, 2.05) is 0 Å². The van der Waals surface area contributed by atoms with Crippen molar-refractivity contribution < 1.29 is 36.2 Å². The average Bonchev–Trinajstić information content (AvgIpc) is 3.23. The van der Waals surface area contributed by atoms with Crippen LogP contribution in [0.5, 0.6) is 5.75 Å². The van der Waals surface area contributed by atoms with Crippen LogP contribution in [0.15, 0.2) is 66.0 Å². The molecule has 0 saturated carbocycles. The van der Waals surface area contributed by atoms with Crippen molar-refractivity contribution in [3.8, 4) is 17.0 Å². The molecule has 0 aliphatic carbocycles. The van der Waals surface area contributed by atoms with Gasteiger partial charge >= 0.3 is 12.3 Å². The van der Waals surface area contributed by atoms with Gasteiger partial charge in [-0.3, -0.25) is 15.0 Å². The van der Waals surface area contributed by atoms with Crippen LogP contribution in [0.3, 0.4) is 0 Å². The van der Waals surface area contributed by atoms with E-state index < -0.39 is 41.7 Å². The number of hydrazine groups is 2. The summed E-state index contributed by atoms with van der Waals surface area (Å²) in [5, 5.41) is 17.5. The quantitative estimate of drug-likeness (QED) is 0.467. The van der Waals surface area contributed by atoms with Gasteiger partial charge in [-0.25, -0.2) is 9.51 Å². The van der Waals surface area contributed by atoms with Gasteiger partial charge in [0.05, 0.1) is 24.6 Å². The number of β-amino-alcohol motifs (C(OH)–C–C–N with tert-alkyl or cyclic N) is 1. The molecule has 1 aromatic heterocycles. The summed E-state index contributed by atoms with van der Waals surface area (Å²) in [6.07, 6.45) is -1.92. The number of ether oxygens (including phenoxy) is 1. The Kier molecular flexibility index (Phi) is 6.49. The Labute approximate surface area is 200 Å². The van der Waals surface area contributed by atoms with Crippen molar-refractivity contribution in [1.82, 2.24) is 25.6 Å². The van der Waals surface area contributed by atoms with E-state index in [4.69, 9.17) is 0 Å². The molecule has 1 aliphatic rings. The maximum absolute atomic E-state index is 15.8. The molecular formula is C22H18F6N6O2. The van der Waals surface area contributed by atoms with Gasteiger partial charge in [0.15, 0.2) is 5.60 Å². The summed E-state index contributed by atoms with van der Waals surface area (Å²) < 4.78 is 85.9.